The highest BCUT2D eigenvalue weighted by Crippen LogP contribution is 2.27. The molecule has 150 valence electrons. The van der Waals surface area contributed by atoms with Crippen LogP contribution in [0.4, 0.5) is 0 Å². The van der Waals surface area contributed by atoms with Crippen LogP contribution in [0.2, 0.25) is 0 Å². The van der Waals surface area contributed by atoms with Crippen molar-refractivity contribution in [2.45, 2.75) is 44.7 Å². The van der Waals surface area contributed by atoms with Crippen LogP contribution in [-0.2, 0) is 6.54 Å². The van der Waals surface area contributed by atoms with Gasteiger partial charge in [-0.1, -0.05) is 37.5 Å². The zero-order chi connectivity index (χ0) is 20.1. The summed E-state index contributed by atoms with van der Waals surface area (Å²) in [7, 11) is 1.64. The standard InChI is InChI=1S/C23H26N4O2/c1-29-20-11-5-8-18(13-20)21-14-22(26-25-21)23(28)27(19-9-3-2-4-10-19)16-17-7-6-12-24-15-17/h5-8,11-15,19H,2-4,9-10,16H2,1H3,(H,25,26). The molecule has 0 saturated heterocycles. The van der Waals surface area contributed by atoms with Crippen LogP contribution >= 0.6 is 0 Å². The lowest BCUT2D eigenvalue weighted by molar-refractivity contribution is 0.0608. The molecular formula is C23H26N4O2. The van der Waals surface area contributed by atoms with Gasteiger partial charge < -0.3 is 9.64 Å². The average Bonchev–Trinajstić information content (AvgIpc) is 3.29. The number of methoxy groups -OCH3 is 1. The molecule has 1 aromatic carbocycles. The van der Waals surface area contributed by atoms with Crippen LogP contribution in [0.3, 0.4) is 0 Å². The minimum absolute atomic E-state index is 0.0117. The molecule has 0 spiro atoms. The SMILES string of the molecule is COc1cccc(-c2cc(C(=O)N(Cc3cccnc3)C3CCCCC3)[nH]n2)c1. The van der Waals surface area contributed by atoms with E-state index in [4.69, 9.17) is 4.74 Å². The summed E-state index contributed by atoms with van der Waals surface area (Å²) in [5, 5.41) is 7.33. The summed E-state index contributed by atoms with van der Waals surface area (Å²) in [5.41, 5.74) is 3.20. The monoisotopic (exact) mass is 390 g/mol. The maximum atomic E-state index is 13.4. The molecule has 2 aromatic heterocycles. The van der Waals surface area contributed by atoms with Gasteiger partial charge in [-0.2, -0.15) is 5.10 Å². The first-order valence-electron chi connectivity index (χ1n) is 10.1. The summed E-state index contributed by atoms with van der Waals surface area (Å²) < 4.78 is 5.30. The molecule has 1 aliphatic carbocycles. The highest BCUT2D eigenvalue weighted by molar-refractivity contribution is 5.93. The minimum Gasteiger partial charge on any atom is -0.497 e. The van der Waals surface area contributed by atoms with Gasteiger partial charge in [0.05, 0.1) is 12.8 Å². The number of amides is 1. The van der Waals surface area contributed by atoms with Crippen LogP contribution in [-0.4, -0.2) is 39.1 Å². The summed E-state index contributed by atoms with van der Waals surface area (Å²) >= 11 is 0. The molecule has 1 N–H and O–H groups in total. The maximum absolute atomic E-state index is 13.4. The van der Waals surface area contributed by atoms with Gasteiger partial charge in [-0.25, -0.2) is 0 Å². The Bertz CT molecular complexity index is 948. The Morgan fingerprint density at radius 3 is 2.79 bits per heavy atom. The molecule has 0 atom stereocenters. The molecule has 0 bridgehead atoms. The Balaban J connectivity index is 1.59. The van der Waals surface area contributed by atoms with Gasteiger partial charge in [0.2, 0.25) is 0 Å². The lowest BCUT2D eigenvalue weighted by Gasteiger charge is -2.34. The van der Waals surface area contributed by atoms with Gasteiger partial charge in [0.15, 0.2) is 0 Å². The van der Waals surface area contributed by atoms with Gasteiger partial charge in [-0.3, -0.25) is 14.9 Å². The van der Waals surface area contributed by atoms with E-state index in [9.17, 15) is 4.79 Å². The third-order valence-electron chi connectivity index (χ3n) is 5.53. The molecule has 1 aliphatic rings. The first kappa shape index (κ1) is 19.2. The number of nitrogens with zero attached hydrogens (tertiary/aromatic N) is 3. The lowest BCUT2D eigenvalue weighted by Crippen LogP contribution is -2.41. The second-order valence-electron chi connectivity index (χ2n) is 7.48. The molecule has 1 saturated carbocycles. The molecule has 0 radical (unpaired) electrons. The first-order chi connectivity index (χ1) is 14.2. The molecule has 0 aliphatic heterocycles. The number of H-pyrrole nitrogens is 1. The Morgan fingerprint density at radius 1 is 1.17 bits per heavy atom. The molecule has 6 heteroatoms. The first-order valence-corrected chi connectivity index (χ1v) is 10.1. The van der Waals surface area contributed by atoms with Crippen LogP contribution < -0.4 is 4.74 Å². The van der Waals surface area contributed by atoms with Gasteiger partial charge in [-0.05, 0) is 42.7 Å². The fourth-order valence-corrected chi connectivity index (χ4v) is 3.96. The van der Waals surface area contributed by atoms with Crippen molar-refractivity contribution in [1.29, 1.82) is 0 Å². The highest BCUT2D eigenvalue weighted by atomic mass is 16.5. The van der Waals surface area contributed by atoms with Crippen molar-refractivity contribution in [1.82, 2.24) is 20.1 Å². The van der Waals surface area contributed by atoms with E-state index < -0.39 is 0 Å². The van der Waals surface area contributed by atoms with Crippen molar-refractivity contribution in [3.05, 3.63) is 66.1 Å². The molecule has 29 heavy (non-hydrogen) atoms. The number of ether oxygens (including phenoxy) is 1. The molecular weight excluding hydrogens is 364 g/mol. The fourth-order valence-electron chi connectivity index (χ4n) is 3.96. The van der Waals surface area contributed by atoms with Crippen LogP contribution in [0, 0.1) is 0 Å². The van der Waals surface area contributed by atoms with E-state index in [2.05, 4.69) is 15.2 Å². The second kappa shape index (κ2) is 8.90. The minimum atomic E-state index is -0.0117. The van der Waals surface area contributed by atoms with Crippen molar-refractivity contribution >= 4 is 5.91 Å². The number of nitrogens with one attached hydrogen (secondary N) is 1. The summed E-state index contributed by atoms with van der Waals surface area (Å²) in [6, 6.07) is 13.7. The summed E-state index contributed by atoms with van der Waals surface area (Å²) in [6.45, 7) is 0.560. The molecule has 3 aromatic rings. The summed E-state index contributed by atoms with van der Waals surface area (Å²) in [4.78, 5) is 19.6. The van der Waals surface area contributed by atoms with E-state index >= 15 is 0 Å². The van der Waals surface area contributed by atoms with Crippen molar-refractivity contribution < 1.29 is 9.53 Å². The van der Waals surface area contributed by atoms with Crippen LogP contribution in [0.5, 0.6) is 5.75 Å². The number of pyridine rings is 1. The predicted octanol–water partition coefficient (Wildman–Crippen LogP) is 4.46. The molecule has 2 heterocycles. The number of carbonyl (C=O) groups excluding carboxylic acids is 1. The van der Waals surface area contributed by atoms with E-state index in [1.54, 1.807) is 13.3 Å². The van der Waals surface area contributed by atoms with E-state index in [1.807, 2.05) is 53.6 Å². The third-order valence-corrected chi connectivity index (χ3v) is 5.53. The summed E-state index contributed by atoms with van der Waals surface area (Å²) in [6.07, 6.45) is 9.25. The molecule has 1 fully saturated rings. The van der Waals surface area contributed by atoms with Gasteiger partial charge in [0.1, 0.15) is 11.4 Å². The van der Waals surface area contributed by atoms with Crippen LogP contribution in [0.25, 0.3) is 11.3 Å². The van der Waals surface area contributed by atoms with Crippen molar-refractivity contribution in [2.75, 3.05) is 7.11 Å². The quantitative estimate of drug-likeness (QED) is 0.675. The Labute approximate surface area is 170 Å². The van der Waals surface area contributed by atoms with E-state index in [0.717, 1.165) is 35.4 Å². The van der Waals surface area contributed by atoms with E-state index in [-0.39, 0.29) is 11.9 Å². The zero-order valence-electron chi connectivity index (χ0n) is 16.7. The number of hydrogen-bond donors (Lipinski definition) is 1. The fraction of sp³-hybridized carbons (Fsp3) is 0.348. The number of benzene rings is 1. The number of rotatable bonds is 6. The highest BCUT2D eigenvalue weighted by Gasteiger charge is 2.27. The van der Waals surface area contributed by atoms with Crippen LogP contribution in [0.15, 0.2) is 54.9 Å². The maximum Gasteiger partial charge on any atom is 0.272 e. The third kappa shape index (κ3) is 4.47. The van der Waals surface area contributed by atoms with E-state index in [0.29, 0.717) is 12.2 Å². The second-order valence-corrected chi connectivity index (χ2v) is 7.48. The number of aromatic amines is 1. The number of carbonyl (C=O) groups is 1. The van der Waals surface area contributed by atoms with Gasteiger partial charge >= 0.3 is 0 Å². The Hall–Kier alpha value is -3.15. The van der Waals surface area contributed by atoms with Gasteiger partial charge in [-0.15, -0.1) is 0 Å². The Kier molecular flexibility index (Phi) is 5.89. The molecule has 6 nitrogen and oxygen atoms in total. The predicted molar refractivity (Wildman–Crippen MR) is 112 cm³/mol. The largest absolute Gasteiger partial charge is 0.497 e. The topological polar surface area (TPSA) is 71.1 Å². The van der Waals surface area contributed by atoms with Gasteiger partial charge in [0.25, 0.3) is 5.91 Å². The number of hydrogen-bond acceptors (Lipinski definition) is 4. The number of aromatic nitrogens is 3. The van der Waals surface area contributed by atoms with Crippen molar-refractivity contribution in [3.8, 4) is 17.0 Å². The molecule has 1 amide bonds. The Morgan fingerprint density at radius 2 is 2.03 bits per heavy atom. The normalized spacial score (nSPS) is 14.5. The zero-order valence-corrected chi connectivity index (χ0v) is 16.7. The van der Waals surface area contributed by atoms with Crippen LogP contribution in [0.1, 0.15) is 48.2 Å². The molecule has 0 unspecified atom stereocenters. The summed E-state index contributed by atoms with van der Waals surface area (Å²) in [5.74, 6) is 0.751. The van der Waals surface area contributed by atoms with Crippen molar-refractivity contribution in [3.63, 3.8) is 0 Å². The average molecular weight is 390 g/mol. The van der Waals surface area contributed by atoms with Gasteiger partial charge in [0, 0.05) is 30.5 Å². The molecule has 4 rings (SSSR count). The smallest absolute Gasteiger partial charge is 0.272 e. The van der Waals surface area contributed by atoms with Crippen molar-refractivity contribution in [2.24, 2.45) is 0 Å². The van der Waals surface area contributed by atoms with E-state index in [1.165, 1.54) is 19.3 Å². The lowest BCUT2D eigenvalue weighted by atomic mass is 9.93.